The molecule has 156 valence electrons. The highest BCUT2D eigenvalue weighted by atomic mass is 16.4. The number of rotatable bonds is 19. The van der Waals surface area contributed by atoms with Crippen molar-refractivity contribution in [3.05, 3.63) is 0 Å². The first-order chi connectivity index (χ1) is 12.5. The maximum absolute atomic E-state index is 11.4. The van der Waals surface area contributed by atoms with Crippen LogP contribution in [0.15, 0.2) is 0 Å². The Balaban J connectivity index is 3.80. The van der Waals surface area contributed by atoms with Crippen molar-refractivity contribution < 1.29 is 20.1 Å². The minimum atomic E-state index is -0.942. The van der Waals surface area contributed by atoms with Crippen LogP contribution in [0.3, 0.4) is 0 Å². The van der Waals surface area contributed by atoms with E-state index in [1.54, 1.807) is 0 Å². The van der Waals surface area contributed by atoms with Crippen molar-refractivity contribution in [3.8, 4) is 0 Å². The summed E-state index contributed by atoms with van der Waals surface area (Å²) in [7, 11) is 0. The van der Waals surface area contributed by atoms with E-state index >= 15 is 0 Å². The molecule has 0 radical (unpaired) electrons. The van der Waals surface area contributed by atoms with E-state index in [9.17, 15) is 20.1 Å². The van der Waals surface area contributed by atoms with Crippen LogP contribution in [-0.2, 0) is 4.79 Å². The smallest absolute Gasteiger partial charge is 0.309 e. The Kier molecular flexibility index (Phi) is 17.4. The van der Waals surface area contributed by atoms with Crippen molar-refractivity contribution in [2.45, 2.75) is 129 Å². The molecule has 0 saturated carbocycles. The fourth-order valence-electron chi connectivity index (χ4n) is 3.52. The molecule has 3 atom stereocenters. The summed E-state index contributed by atoms with van der Waals surface area (Å²) in [5, 5.41) is 29.6. The SMILES string of the molecule is CCCCCCCCCCCC(O)CC(O)[C@H](CCCCCC)C(=O)O. The zero-order valence-corrected chi connectivity index (χ0v) is 17.3. The Bertz CT molecular complexity index is 319. The molecule has 3 N–H and O–H groups in total. The highest BCUT2D eigenvalue weighted by Crippen LogP contribution is 2.20. The Hall–Kier alpha value is -0.610. The van der Waals surface area contributed by atoms with Gasteiger partial charge in [0.1, 0.15) is 0 Å². The normalized spacial score (nSPS) is 14.9. The molecule has 0 heterocycles. The van der Waals surface area contributed by atoms with Crippen LogP contribution in [0.1, 0.15) is 117 Å². The van der Waals surface area contributed by atoms with Crippen molar-refractivity contribution in [1.29, 1.82) is 0 Å². The van der Waals surface area contributed by atoms with Crippen LogP contribution < -0.4 is 0 Å². The van der Waals surface area contributed by atoms with Gasteiger partial charge in [-0.3, -0.25) is 4.79 Å². The Morgan fingerprint density at radius 2 is 1.12 bits per heavy atom. The summed E-state index contributed by atoms with van der Waals surface area (Å²) >= 11 is 0. The van der Waals surface area contributed by atoms with Gasteiger partial charge in [-0.2, -0.15) is 0 Å². The fraction of sp³-hybridized carbons (Fsp3) is 0.955. The minimum Gasteiger partial charge on any atom is -0.481 e. The molecule has 0 rings (SSSR count). The van der Waals surface area contributed by atoms with Gasteiger partial charge in [0.05, 0.1) is 18.1 Å². The lowest BCUT2D eigenvalue weighted by molar-refractivity contribution is -0.146. The lowest BCUT2D eigenvalue weighted by Crippen LogP contribution is -2.31. The number of aliphatic hydroxyl groups is 2. The lowest BCUT2D eigenvalue weighted by Gasteiger charge is -2.21. The second kappa shape index (κ2) is 17.8. The molecule has 0 aliphatic heterocycles. The van der Waals surface area contributed by atoms with E-state index in [-0.39, 0.29) is 6.42 Å². The molecule has 4 heteroatoms. The zero-order valence-electron chi connectivity index (χ0n) is 17.3. The van der Waals surface area contributed by atoms with Gasteiger partial charge in [0.25, 0.3) is 0 Å². The summed E-state index contributed by atoms with van der Waals surface area (Å²) < 4.78 is 0. The van der Waals surface area contributed by atoms with E-state index in [0.717, 1.165) is 38.5 Å². The molecule has 0 bridgehead atoms. The summed E-state index contributed by atoms with van der Waals surface area (Å²) in [6.07, 6.45) is 15.0. The van der Waals surface area contributed by atoms with Crippen LogP contribution in [0.25, 0.3) is 0 Å². The third-order valence-corrected chi connectivity index (χ3v) is 5.30. The van der Waals surface area contributed by atoms with Gasteiger partial charge in [-0.15, -0.1) is 0 Å². The van der Waals surface area contributed by atoms with Gasteiger partial charge in [-0.1, -0.05) is 97.3 Å². The zero-order chi connectivity index (χ0) is 19.6. The van der Waals surface area contributed by atoms with Gasteiger partial charge < -0.3 is 15.3 Å². The molecule has 0 spiro atoms. The molecule has 2 unspecified atom stereocenters. The average molecular weight is 373 g/mol. The first-order valence-corrected chi connectivity index (χ1v) is 11.1. The molecule has 0 aromatic carbocycles. The third kappa shape index (κ3) is 14.5. The quantitative estimate of drug-likeness (QED) is 0.254. The van der Waals surface area contributed by atoms with Crippen LogP contribution in [0.2, 0.25) is 0 Å². The number of carboxylic acids is 1. The van der Waals surface area contributed by atoms with E-state index in [0.29, 0.717) is 12.8 Å². The van der Waals surface area contributed by atoms with Crippen LogP contribution in [0, 0.1) is 5.92 Å². The maximum atomic E-state index is 11.4. The van der Waals surface area contributed by atoms with Crippen molar-refractivity contribution in [3.63, 3.8) is 0 Å². The predicted molar refractivity (Wildman–Crippen MR) is 108 cm³/mol. The molecule has 4 nitrogen and oxygen atoms in total. The summed E-state index contributed by atoms with van der Waals surface area (Å²) in [5.41, 5.74) is 0. The second-order valence-corrected chi connectivity index (χ2v) is 7.87. The third-order valence-electron chi connectivity index (χ3n) is 5.30. The fourth-order valence-corrected chi connectivity index (χ4v) is 3.52. The molecule has 0 saturated heterocycles. The Morgan fingerprint density at radius 1 is 0.692 bits per heavy atom. The molecular formula is C22H44O4. The Labute approximate surface area is 161 Å². The average Bonchev–Trinajstić information content (AvgIpc) is 2.59. The number of carbonyl (C=O) groups is 1. The summed E-state index contributed by atoms with van der Waals surface area (Å²) in [6, 6.07) is 0. The van der Waals surface area contributed by atoms with E-state index < -0.39 is 24.1 Å². The van der Waals surface area contributed by atoms with E-state index in [1.807, 2.05) is 0 Å². The van der Waals surface area contributed by atoms with Crippen molar-refractivity contribution >= 4 is 5.97 Å². The summed E-state index contributed by atoms with van der Waals surface area (Å²) in [5.74, 6) is -1.69. The largest absolute Gasteiger partial charge is 0.481 e. The molecular weight excluding hydrogens is 328 g/mol. The van der Waals surface area contributed by atoms with Crippen molar-refractivity contribution in [1.82, 2.24) is 0 Å². The first kappa shape index (κ1) is 25.4. The molecule has 0 amide bonds. The van der Waals surface area contributed by atoms with Gasteiger partial charge in [0.15, 0.2) is 0 Å². The monoisotopic (exact) mass is 372 g/mol. The lowest BCUT2D eigenvalue weighted by atomic mass is 9.90. The second-order valence-electron chi connectivity index (χ2n) is 7.87. The highest BCUT2D eigenvalue weighted by molar-refractivity contribution is 5.70. The number of hydrogen-bond donors (Lipinski definition) is 3. The Morgan fingerprint density at radius 3 is 1.62 bits per heavy atom. The van der Waals surface area contributed by atoms with E-state index in [4.69, 9.17) is 0 Å². The van der Waals surface area contributed by atoms with Crippen molar-refractivity contribution in [2.75, 3.05) is 0 Å². The van der Waals surface area contributed by atoms with Gasteiger partial charge >= 0.3 is 5.97 Å². The topological polar surface area (TPSA) is 77.8 Å². The first-order valence-electron chi connectivity index (χ1n) is 11.1. The molecule has 0 aliphatic carbocycles. The van der Waals surface area contributed by atoms with Crippen molar-refractivity contribution in [2.24, 2.45) is 5.92 Å². The molecule has 0 aromatic rings. The number of carboxylic acid groups (broad SMARTS) is 1. The van der Waals surface area contributed by atoms with Crippen LogP contribution >= 0.6 is 0 Å². The highest BCUT2D eigenvalue weighted by Gasteiger charge is 2.27. The standard InChI is InChI=1S/C22H44O4/c1-3-5-7-9-10-11-12-13-14-16-19(23)18-21(24)20(22(25)26)17-15-8-6-4-2/h19-21,23-24H,3-18H2,1-2H3,(H,25,26)/t19?,20-,21?/m0/s1. The maximum Gasteiger partial charge on any atom is 0.309 e. The van der Waals surface area contributed by atoms with Crippen LogP contribution in [0.4, 0.5) is 0 Å². The number of hydrogen-bond acceptors (Lipinski definition) is 3. The summed E-state index contributed by atoms with van der Waals surface area (Å²) in [4.78, 5) is 11.4. The molecule has 0 fully saturated rings. The van der Waals surface area contributed by atoms with Crippen LogP contribution in [0.5, 0.6) is 0 Å². The molecule has 0 aliphatic rings. The minimum absolute atomic E-state index is 0.182. The van der Waals surface area contributed by atoms with E-state index in [2.05, 4.69) is 13.8 Å². The summed E-state index contributed by atoms with van der Waals surface area (Å²) in [6.45, 7) is 4.35. The van der Waals surface area contributed by atoms with Crippen LogP contribution in [-0.4, -0.2) is 33.5 Å². The van der Waals surface area contributed by atoms with Gasteiger partial charge in [-0.05, 0) is 12.8 Å². The molecule has 0 aromatic heterocycles. The number of aliphatic hydroxyl groups excluding tert-OH is 2. The van der Waals surface area contributed by atoms with Gasteiger partial charge in [0.2, 0.25) is 0 Å². The molecule has 26 heavy (non-hydrogen) atoms. The number of aliphatic carboxylic acids is 1. The van der Waals surface area contributed by atoms with Gasteiger partial charge in [-0.25, -0.2) is 0 Å². The predicted octanol–water partition coefficient (Wildman–Crippen LogP) is 5.69. The van der Waals surface area contributed by atoms with Gasteiger partial charge in [0, 0.05) is 6.42 Å². The van der Waals surface area contributed by atoms with E-state index in [1.165, 1.54) is 44.9 Å². The number of unbranched alkanes of at least 4 members (excludes halogenated alkanes) is 11.